The Labute approximate surface area is 378 Å². The Bertz CT molecular complexity index is 2390. The smallest absolute Gasteiger partial charge is 1.00 e. The first kappa shape index (κ1) is 47.5. The van der Waals surface area contributed by atoms with Gasteiger partial charge in [-0.3, -0.25) is 0 Å². The molecule has 58 heavy (non-hydrogen) atoms. The summed E-state index contributed by atoms with van der Waals surface area (Å²) < 4.78 is 8.14. The molecule has 2 aliphatic rings. The van der Waals surface area contributed by atoms with E-state index in [9.17, 15) is 0 Å². The third kappa shape index (κ3) is 9.06. The van der Waals surface area contributed by atoms with Crippen LogP contribution in [0.4, 0.5) is 0 Å². The molecule has 8 nitrogen and oxygen atoms in total. The Kier molecular flexibility index (Phi) is 16.2. The molecule has 9 heterocycles. The zero-order valence-corrected chi connectivity index (χ0v) is 36.5. The minimum Gasteiger partial charge on any atom is -1.00 e. The molecule has 0 spiro atoms. The molecule has 0 fully saturated rings. The number of halogens is 5. The summed E-state index contributed by atoms with van der Waals surface area (Å²) in [4.78, 5) is 21.4. The van der Waals surface area contributed by atoms with Crippen molar-refractivity contribution in [2.45, 2.75) is 0 Å². The number of aromatic nitrogens is 8. The summed E-state index contributed by atoms with van der Waals surface area (Å²) in [5.74, 6) is 0. The van der Waals surface area contributed by atoms with Crippen molar-refractivity contribution in [1.82, 2.24) is 19.9 Å². The third-order valence-electron chi connectivity index (χ3n) is 9.68. The van der Waals surface area contributed by atoms with E-state index in [0.717, 1.165) is 89.4 Å². The van der Waals surface area contributed by atoms with E-state index in [1.165, 1.54) is 0 Å². The molecule has 8 bridgehead atoms. The second-order valence-corrected chi connectivity index (χ2v) is 13.4. The van der Waals surface area contributed by atoms with Crippen LogP contribution in [0, 0.1) is 0 Å². The summed E-state index contributed by atoms with van der Waals surface area (Å²) in [6, 6.07) is 25.4. The molecule has 7 aromatic heterocycles. The topological polar surface area (TPSA) is 69.5 Å². The van der Waals surface area contributed by atoms with Crippen LogP contribution in [0.5, 0.6) is 0 Å². The van der Waals surface area contributed by atoms with Crippen LogP contribution < -0.4 is 90.3 Å². The van der Waals surface area contributed by atoms with E-state index in [1.54, 1.807) is 0 Å². The van der Waals surface area contributed by atoms with E-state index in [-0.39, 0.29) is 78.8 Å². The number of hydrogen-bond donors (Lipinski definition) is 0. The summed E-state index contributed by atoms with van der Waals surface area (Å²) in [6.07, 6.45) is 24.9. The zero-order valence-electron chi connectivity index (χ0n) is 31.7. The van der Waals surface area contributed by atoms with Crippen LogP contribution in [0.2, 0.25) is 0 Å². The van der Waals surface area contributed by atoms with Gasteiger partial charge in [0.15, 0.2) is 49.6 Å². The first-order valence-electron chi connectivity index (χ1n) is 17.3. The largest absolute Gasteiger partial charge is 3.00 e. The van der Waals surface area contributed by atoms with E-state index < -0.39 is 0 Å². The molecular weight excluding hydrogens is 877 g/mol. The van der Waals surface area contributed by atoms with Crippen molar-refractivity contribution < 1.29 is 97.1 Å². The van der Waals surface area contributed by atoms with Gasteiger partial charge in [-0.1, -0.05) is 24.3 Å². The SMILES string of the molecule is C[n+]1ccc(-c2c3nc(c(-c4cc[n+](C)cc4)c4ccc([n-]4)c(-c4cc[n+](C)cc4)c4nc(c(-c5cc[n+](C)cc5)c5ccc2[n-]5)C=C4)C=C3)cc1.[Cl-].[Cl-].[Cl-].[Cl-].[Cl-].[Co+3]. The molecule has 2 aliphatic heterocycles. The number of nitrogens with zero attached hydrogens (tertiary/aromatic N) is 8. The number of pyridine rings is 4. The van der Waals surface area contributed by atoms with Crippen LogP contribution in [-0.4, -0.2) is 9.97 Å². The van der Waals surface area contributed by atoms with Gasteiger partial charge in [-0.2, -0.15) is 0 Å². The van der Waals surface area contributed by atoms with Crippen LogP contribution in [0.25, 0.3) is 90.9 Å². The molecule has 0 radical (unpaired) electrons. The van der Waals surface area contributed by atoms with Gasteiger partial charge in [-0.25, -0.2) is 28.2 Å². The summed E-state index contributed by atoms with van der Waals surface area (Å²) in [7, 11) is 8.10. The van der Waals surface area contributed by atoms with Gasteiger partial charge >= 0.3 is 16.8 Å². The summed E-state index contributed by atoms with van der Waals surface area (Å²) in [5, 5.41) is 0. The van der Waals surface area contributed by atoms with Crippen molar-refractivity contribution in [3.05, 3.63) is 145 Å². The Morgan fingerprint density at radius 1 is 0.328 bits per heavy atom. The number of hydrogen-bond acceptors (Lipinski definition) is 2. The van der Waals surface area contributed by atoms with Gasteiger partial charge in [0.2, 0.25) is 0 Å². The maximum atomic E-state index is 5.35. The summed E-state index contributed by atoms with van der Waals surface area (Å²) in [5.41, 5.74) is 14.7. The predicted octanol–water partition coefficient (Wildman–Crippen LogP) is -9.10. The van der Waals surface area contributed by atoms with Crippen LogP contribution in [0.1, 0.15) is 22.8 Å². The van der Waals surface area contributed by atoms with E-state index in [2.05, 4.69) is 147 Å². The Balaban J connectivity index is 0.00000150. The van der Waals surface area contributed by atoms with E-state index >= 15 is 0 Å². The van der Waals surface area contributed by atoms with Crippen molar-refractivity contribution in [2.24, 2.45) is 28.2 Å². The van der Waals surface area contributed by atoms with Crippen molar-refractivity contribution >= 4 is 46.4 Å². The van der Waals surface area contributed by atoms with Crippen LogP contribution >= 0.6 is 0 Å². The van der Waals surface area contributed by atoms with Crippen LogP contribution in [0.3, 0.4) is 0 Å². The molecule has 0 saturated carbocycles. The quantitative estimate of drug-likeness (QED) is 0.165. The summed E-state index contributed by atoms with van der Waals surface area (Å²) >= 11 is 0. The van der Waals surface area contributed by atoms with Gasteiger partial charge in [0, 0.05) is 48.5 Å². The zero-order chi connectivity index (χ0) is 35.3. The number of rotatable bonds is 4. The minimum atomic E-state index is 0. The van der Waals surface area contributed by atoms with Gasteiger partial charge in [0.1, 0.15) is 28.2 Å². The van der Waals surface area contributed by atoms with E-state index in [4.69, 9.17) is 19.9 Å². The number of fused-ring (bicyclic) bond motifs is 8. The Hall–Kier alpha value is -4.84. The molecule has 0 amide bonds. The minimum absolute atomic E-state index is 0. The normalized spacial score (nSPS) is 10.8. The van der Waals surface area contributed by atoms with Gasteiger partial charge < -0.3 is 72.0 Å². The second-order valence-electron chi connectivity index (χ2n) is 13.4. The fraction of sp³-hybridized carbons (Fsp3) is 0.0909. The van der Waals surface area contributed by atoms with Gasteiger partial charge in [0.05, 0.1) is 22.8 Å². The number of aryl methyl sites for hydroxylation is 4. The standard InChI is InChI=1S/C44H36N8.5ClH.Co/c1-49-21-13-29(14-22-49)41-33-5-7-35(45-33)42(30-15-23-50(2)24-16-30)37-9-11-39(47-37)44(32-19-27-52(4)28-20-32)40-12-10-38(48-40)43(36-8-6-34(41)46-36)31-17-25-51(3)26-18-31;;;;;;/h5-28H,1-4H3;5*1H;/q+2;;;;;;+3/p-5. The monoisotopic (exact) mass is 910 g/mol. The van der Waals surface area contributed by atoms with E-state index in [1.807, 2.05) is 46.5 Å². The maximum absolute atomic E-state index is 5.35. The van der Waals surface area contributed by atoms with E-state index in [0.29, 0.717) is 0 Å². The molecule has 0 N–H and O–H groups in total. The first-order chi connectivity index (χ1) is 25.4. The molecule has 0 aromatic carbocycles. The first-order valence-corrected chi connectivity index (χ1v) is 17.3. The molecule has 14 heteroatoms. The fourth-order valence-electron chi connectivity index (χ4n) is 6.94. The molecule has 7 aromatic rings. The average molecular weight is 913 g/mol. The van der Waals surface area contributed by atoms with Gasteiger partial charge in [0.25, 0.3) is 0 Å². The molecule has 296 valence electrons. The molecule has 0 unspecified atom stereocenters. The van der Waals surface area contributed by atoms with Crippen molar-refractivity contribution in [3.8, 4) is 44.5 Å². The molecule has 0 saturated heterocycles. The predicted molar refractivity (Wildman–Crippen MR) is 203 cm³/mol. The van der Waals surface area contributed by atoms with Crippen molar-refractivity contribution in [1.29, 1.82) is 0 Å². The van der Waals surface area contributed by atoms with Crippen molar-refractivity contribution in [2.75, 3.05) is 0 Å². The maximum Gasteiger partial charge on any atom is 3.00 e. The molecular formula is C44H36Cl5CoN8. The second kappa shape index (κ2) is 19.7. The Morgan fingerprint density at radius 2 is 0.517 bits per heavy atom. The Morgan fingerprint density at radius 3 is 0.707 bits per heavy atom. The van der Waals surface area contributed by atoms with Crippen molar-refractivity contribution in [3.63, 3.8) is 0 Å². The average Bonchev–Trinajstić information content (AvgIpc) is 3.99. The van der Waals surface area contributed by atoms with Crippen LogP contribution in [-0.2, 0) is 45.0 Å². The molecule has 0 aliphatic carbocycles. The summed E-state index contributed by atoms with van der Waals surface area (Å²) in [6.45, 7) is 0. The molecule has 0 atom stereocenters. The molecule has 9 rings (SSSR count). The van der Waals surface area contributed by atoms with Crippen LogP contribution in [0.15, 0.2) is 122 Å². The van der Waals surface area contributed by atoms with Gasteiger partial charge in [-0.15, -0.1) is 22.1 Å². The van der Waals surface area contributed by atoms with Gasteiger partial charge in [-0.05, 0) is 68.8 Å². The third-order valence-corrected chi connectivity index (χ3v) is 9.68. The fourth-order valence-corrected chi connectivity index (χ4v) is 6.94.